The van der Waals surface area contributed by atoms with Crippen LogP contribution in [0.5, 0.6) is 0 Å². The number of aromatic nitrogens is 1. The Balaban J connectivity index is 1.93. The molecule has 0 amide bonds. The van der Waals surface area contributed by atoms with Crippen LogP contribution in [0.3, 0.4) is 0 Å². The number of anilines is 1. The van der Waals surface area contributed by atoms with Gasteiger partial charge in [-0.25, -0.2) is 8.42 Å². The van der Waals surface area contributed by atoms with Crippen LogP contribution >= 0.6 is 0 Å². The minimum Gasteiger partial charge on any atom is -0.370 e. The van der Waals surface area contributed by atoms with Gasteiger partial charge in [-0.1, -0.05) is 6.42 Å². The van der Waals surface area contributed by atoms with Crippen molar-refractivity contribution in [2.45, 2.75) is 43.4 Å². The molecule has 2 saturated heterocycles. The molecule has 1 aromatic rings. The van der Waals surface area contributed by atoms with Gasteiger partial charge in [0.2, 0.25) is 10.0 Å². The molecule has 6 heteroatoms. The van der Waals surface area contributed by atoms with Crippen molar-refractivity contribution < 1.29 is 8.42 Å². The van der Waals surface area contributed by atoms with E-state index in [1.54, 1.807) is 10.5 Å². The summed E-state index contributed by atoms with van der Waals surface area (Å²) in [6, 6.07) is 1.85. The fourth-order valence-electron chi connectivity index (χ4n) is 3.21. The predicted molar refractivity (Wildman–Crippen MR) is 82.9 cm³/mol. The first-order chi connectivity index (χ1) is 10.2. The maximum atomic E-state index is 12.9. The second kappa shape index (κ2) is 6.32. The summed E-state index contributed by atoms with van der Waals surface area (Å²) in [6.45, 7) is 3.15. The highest BCUT2D eigenvalue weighted by Gasteiger charge is 2.30. The van der Waals surface area contributed by atoms with Crippen molar-refractivity contribution >= 4 is 15.7 Å². The Kier molecular flexibility index (Phi) is 4.45. The van der Waals surface area contributed by atoms with E-state index in [1.807, 2.05) is 6.07 Å². The number of nitrogens with zero attached hydrogens (tertiary/aromatic N) is 3. The van der Waals surface area contributed by atoms with Crippen LogP contribution in [-0.4, -0.2) is 43.9 Å². The second-order valence-electron chi connectivity index (χ2n) is 5.86. The van der Waals surface area contributed by atoms with Crippen molar-refractivity contribution in [2.75, 3.05) is 31.1 Å². The van der Waals surface area contributed by atoms with E-state index in [1.165, 1.54) is 12.6 Å². The van der Waals surface area contributed by atoms with E-state index < -0.39 is 10.0 Å². The van der Waals surface area contributed by atoms with E-state index in [0.717, 1.165) is 50.9 Å². The van der Waals surface area contributed by atoms with Crippen LogP contribution in [0, 0.1) is 0 Å². The standard InChI is InChI=1S/C15H23N3O2S/c19-21(20,18-11-5-2-6-12-18)15-13-16-8-7-14(15)17-9-3-1-4-10-17/h7-8,13H,1-6,9-12H2. The molecule has 5 nitrogen and oxygen atoms in total. The molecule has 0 aliphatic carbocycles. The summed E-state index contributed by atoms with van der Waals surface area (Å²) in [6.07, 6.45) is 9.75. The third-order valence-electron chi connectivity index (χ3n) is 4.39. The highest BCUT2D eigenvalue weighted by molar-refractivity contribution is 7.89. The predicted octanol–water partition coefficient (Wildman–Crippen LogP) is 2.25. The molecule has 116 valence electrons. The van der Waals surface area contributed by atoms with Gasteiger partial charge in [0.25, 0.3) is 0 Å². The van der Waals surface area contributed by atoms with Crippen LogP contribution in [-0.2, 0) is 10.0 Å². The first-order valence-electron chi connectivity index (χ1n) is 7.89. The minimum atomic E-state index is -3.41. The zero-order valence-electron chi connectivity index (χ0n) is 12.4. The van der Waals surface area contributed by atoms with Gasteiger partial charge < -0.3 is 4.90 Å². The lowest BCUT2D eigenvalue weighted by atomic mass is 10.1. The van der Waals surface area contributed by atoms with Crippen LogP contribution in [0.2, 0.25) is 0 Å². The topological polar surface area (TPSA) is 53.5 Å². The van der Waals surface area contributed by atoms with Gasteiger partial charge in [-0.15, -0.1) is 0 Å². The first kappa shape index (κ1) is 14.8. The van der Waals surface area contributed by atoms with E-state index in [-0.39, 0.29) is 0 Å². The number of piperidine rings is 2. The fourth-order valence-corrected chi connectivity index (χ4v) is 4.88. The van der Waals surface area contributed by atoms with E-state index >= 15 is 0 Å². The van der Waals surface area contributed by atoms with Crippen molar-refractivity contribution in [2.24, 2.45) is 0 Å². The summed E-state index contributed by atoms with van der Waals surface area (Å²) < 4.78 is 27.4. The van der Waals surface area contributed by atoms with Crippen molar-refractivity contribution in [1.29, 1.82) is 0 Å². The molecule has 1 aromatic heterocycles. The molecule has 0 aromatic carbocycles. The normalized spacial score (nSPS) is 21.4. The summed E-state index contributed by atoms with van der Waals surface area (Å²) in [4.78, 5) is 6.65. The Bertz CT molecular complexity index is 576. The molecule has 0 atom stereocenters. The maximum absolute atomic E-state index is 12.9. The highest BCUT2D eigenvalue weighted by atomic mass is 32.2. The van der Waals surface area contributed by atoms with Crippen LogP contribution in [0.15, 0.2) is 23.4 Å². The molecular formula is C15H23N3O2S. The Morgan fingerprint density at radius 3 is 2.19 bits per heavy atom. The zero-order chi connectivity index (χ0) is 14.7. The van der Waals surface area contributed by atoms with Crippen molar-refractivity contribution in [3.05, 3.63) is 18.5 Å². The molecule has 3 heterocycles. The monoisotopic (exact) mass is 309 g/mol. The number of rotatable bonds is 3. The summed E-state index contributed by atoms with van der Waals surface area (Å²) in [5.74, 6) is 0. The SMILES string of the molecule is O=S(=O)(c1cnccc1N1CCCCC1)N1CCCCC1. The Hall–Kier alpha value is -1.14. The van der Waals surface area contributed by atoms with Gasteiger partial charge in [-0.05, 0) is 38.2 Å². The molecule has 2 aliphatic rings. The summed E-state index contributed by atoms with van der Waals surface area (Å²) in [5, 5.41) is 0. The van der Waals surface area contributed by atoms with Gasteiger partial charge in [-0.3, -0.25) is 4.98 Å². The quantitative estimate of drug-likeness (QED) is 0.859. The molecule has 0 N–H and O–H groups in total. The van der Waals surface area contributed by atoms with Gasteiger partial charge >= 0.3 is 0 Å². The highest BCUT2D eigenvalue weighted by Crippen LogP contribution is 2.30. The molecule has 21 heavy (non-hydrogen) atoms. The largest absolute Gasteiger partial charge is 0.370 e. The zero-order valence-corrected chi connectivity index (χ0v) is 13.2. The number of sulfonamides is 1. The number of pyridine rings is 1. The van der Waals surface area contributed by atoms with Crippen LogP contribution in [0.25, 0.3) is 0 Å². The summed E-state index contributed by atoms with van der Waals surface area (Å²) in [7, 11) is -3.41. The van der Waals surface area contributed by atoms with Gasteiger partial charge in [-0.2, -0.15) is 4.31 Å². The third kappa shape index (κ3) is 3.06. The van der Waals surface area contributed by atoms with Crippen molar-refractivity contribution in [3.8, 4) is 0 Å². The van der Waals surface area contributed by atoms with Crippen LogP contribution in [0.1, 0.15) is 38.5 Å². The molecule has 0 unspecified atom stereocenters. The molecule has 3 rings (SSSR count). The van der Waals surface area contributed by atoms with E-state index in [4.69, 9.17) is 0 Å². The maximum Gasteiger partial charge on any atom is 0.246 e. The molecule has 0 bridgehead atoms. The molecule has 0 spiro atoms. The lowest BCUT2D eigenvalue weighted by molar-refractivity contribution is 0.346. The lowest BCUT2D eigenvalue weighted by Gasteiger charge is -2.32. The van der Waals surface area contributed by atoms with Gasteiger partial charge in [0.05, 0.1) is 5.69 Å². The lowest BCUT2D eigenvalue weighted by Crippen LogP contribution is -2.37. The molecular weight excluding hydrogens is 286 g/mol. The Morgan fingerprint density at radius 2 is 1.52 bits per heavy atom. The van der Waals surface area contributed by atoms with Crippen molar-refractivity contribution in [1.82, 2.24) is 9.29 Å². The average Bonchev–Trinajstić information content (AvgIpc) is 2.56. The smallest absolute Gasteiger partial charge is 0.246 e. The Morgan fingerprint density at radius 1 is 0.905 bits per heavy atom. The van der Waals surface area contributed by atoms with E-state index in [0.29, 0.717) is 18.0 Å². The van der Waals surface area contributed by atoms with Crippen LogP contribution < -0.4 is 4.90 Å². The fraction of sp³-hybridized carbons (Fsp3) is 0.667. The summed E-state index contributed by atoms with van der Waals surface area (Å²) >= 11 is 0. The number of hydrogen-bond donors (Lipinski definition) is 0. The molecule has 0 saturated carbocycles. The first-order valence-corrected chi connectivity index (χ1v) is 9.33. The van der Waals surface area contributed by atoms with Gasteiger partial charge in [0.15, 0.2) is 0 Å². The van der Waals surface area contributed by atoms with Crippen LogP contribution in [0.4, 0.5) is 5.69 Å². The second-order valence-corrected chi connectivity index (χ2v) is 7.76. The van der Waals surface area contributed by atoms with Crippen molar-refractivity contribution in [3.63, 3.8) is 0 Å². The van der Waals surface area contributed by atoms with Gasteiger partial charge in [0.1, 0.15) is 4.90 Å². The average molecular weight is 309 g/mol. The Labute approximate surface area is 127 Å². The molecule has 0 radical (unpaired) electrons. The van der Waals surface area contributed by atoms with E-state index in [2.05, 4.69) is 9.88 Å². The number of hydrogen-bond acceptors (Lipinski definition) is 4. The minimum absolute atomic E-state index is 0.383. The third-order valence-corrected chi connectivity index (χ3v) is 6.31. The molecule has 2 aliphatic heterocycles. The summed E-state index contributed by atoms with van der Waals surface area (Å²) in [5.41, 5.74) is 0.829. The molecule has 2 fully saturated rings. The van der Waals surface area contributed by atoms with E-state index in [9.17, 15) is 8.42 Å². The van der Waals surface area contributed by atoms with Gasteiger partial charge in [0, 0.05) is 38.6 Å².